The lowest BCUT2D eigenvalue weighted by molar-refractivity contribution is -0.384. The van der Waals surface area contributed by atoms with E-state index in [0.29, 0.717) is 18.7 Å². The van der Waals surface area contributed by atoms with Crippen molar-refractivity contribution in [1.82, 2.24) is 14.9 Å². The molecule has 3 aromatic rings. The van der Waals surface area contributed by atoms with E-state index in [1.54, 1.807) is 24.1 Å². The van der Waals surface area contributed by atoms with E-state index in [0.717, 1.165) is 28.6 Å². The van der Waals surface area contributed by atoms with Gasteiger partial charge in [-0.2, -0.15) is 0 Å². The number of hydrogen-bond donors (Lipinski definition) is 1. The Hall–Kier alpha value is -3.48. The van der Waals surface area contributed by atoms with Crippen molar-refractivity contribution in [2.24, 2.45) is 0 Å². The van der Waals surface area contributed by atoms with Crippen LogP contribution in [-0.4, -0.2) is 38.8 Å². The predicted octanol–water partition coefficient (Wildman–Crippen LogP) is 3.71. The third-order valence-corrected chi connectivity index (χ3v) is 4.96. The van der Waals surface area contributed by atoms with E-state index in [-0.39, 0.29) is 11.6 Å². The maximum absolute atomic E-state index is 12.9. The van der Waals surface area contributed by atoms with Crippen molar-refractivity contribution in [3.8, 4) is 0 Å². The Balaban J connectivity index is 1.58. The van der Waals surface area contributed by atoms with Gasteiger partial charge >= 0.3 is 0 Å². The Bertz CT molecular complexity index is 1080. The summed E-state index contributed by atoms with van der Waals surface area (Å²) in [6.07, 6.45) is 6.47. The maximum Gasteiger partial charge on any atom is 0.270 e. The van der Waals surface area contributed by atoms with E-state index in [2.05, 4.69) is 9.97 Å². The molecule has 4 rings (SSSR count). The molecule has 0 saturated heterocycles. The summed E-state index contributed by atoms with van der Waals surface area (Å²) in [6, 6.07) is 8.34. The summed E-state index contributed by atoms with van der Waals surface area (Å²) in [5, 5.41) is 12.1. The second-order valence-electron chi connectivity index (χ2n) is 6.59. The highest BCUT2D eigenvalue weighted by atomic mass is 16.6. The summed E-state index contributed by atoms with van der Waals surface area (Å²) in [7, 11) is 0. The monoisotopic (exact) mass is 362 g/mol. The maximum atomic E-state index is 12.9. The molecule has 1 aromatic carbocycles. The summed E-state index contributed by atoms with van der Waals surface area (Å²) in [4.78, 5) is 32.6. The van der Waals surface area contributed by atoms with Crippen LogP contribution in [0.5, 0.6) is 0 Å². The average Bonchev–Trinajstić information content (AvgIpc) is 3.12. The van der Waals surface area contributed by atoms with Gasteiger partial charge in [0.15, 0.2) is 0 Å². The molecule has 2 aromatic heterocycles. The van der Waals surface area contributed by atoms with Gasteiger partial charge in [-0.25, -0.2) is 4.98 Å². The number of nitrogens with one attached hydrogen (secondary N) is 1. The number of aryl methyl sites for hydroxylation is 1. The molecule has 1 amide bonds. The number of aromatic amines is 1. The lowest BCUT2D eigenvalue weighted by atomic mass is 9.98. The second-order valence-corrected chi connectivity index (χ2v) is 6.59. The number of rotatable bonds is 3. The number of nitro groups is 1. The van der Waals surface area contributed by atoms with Gasteiger partial charge in [-0.05, 0) is 36.6 Å². The molecular weight excluding hydrogens is 344 g/mol. The molecule has 136 valence electrons. The lowest BCUT2D eigenvalue weighted by Crippen LogP contribution is -2.35. The zero-order valence-corrected chi connectivity index (χ0v) is 14.8. The molecule has 0 atom stereocenters. The minimum atomic E-state index is -0.477. The van der Waals surface area contributed by atoms with Crippen LogP contribution < -0.4 is 0 Å². The van der Waals surface area contributed by atoms with E-state index in [4.69, 9.17) is 0 Å². The number of fused-ring (bicyclic) bond motifs is 1. The molecule has 0 bridgehead atoms. The normalized spacial score (nSPS) is 14.3. The number of nitrogens with zero attached hydrogens (tertiary/aromatic N) is 3. The molecule has 3 heterocycles. The largest absolute Gasteiger partial charge is 0.346 e. The van der Waals surface area contributed by atoms with Crippen LogP contribution in [0, 0.1) is 17.0 Å². The van der Waals surface area contributed by atoms with Crippen molar-refractivity contribution in [2.75, 3.05) is 13.1 Å². The second kappa shape index (κ2) is 6.68. The highest BCUT2D eigenvalue weighted by molar-refractivity contribution is 5.97. The molecule has 0 fully saturated rings. The van der Waals surface area contributed by atoms with E-state index in [9.17, 15) is 14.9 Å². The van der Waals surface area contributed by atoms with Gasteiger partial charge < -0.3 is 9.88 Å². The fourth-order valence-electron chi connectivity index (χ4n) is 3.44. The number of pyridine rings is 1. The molecular formula is C20H18N4O3. The Morgan fingerprint density at radius 1 is 1.33 bits per heavy atom. The molecule has 7 heteroatoms. The van der Waals surface area contributed by atoms with Crippen LogP contribution in [0.15, 0.2) is 48.8 Å². The van der Waals surface area contributed by atoms with Gasteiger partial charge in [-0.3, -0.25) is 14.9 Å². The summed E-state index contributed by atoms with van der Waals surface area (Å²) in [5.41, 5.74) is 4.19. The minimum Gasteiger partial charge on any atom is -0.346 e. The van der Waals surface area contributed by atoms with Gasteiger partial charge in [0.05, 0.1) is 4.92 Å². The van der Waals surface area contributed by atoms with Crippen LogP contribution in [-0.2, 0) is 0 Å². The first kappa shape index (κ1) is 17.0. The van der Waals surface area contributed by atoms with Crippen LogP contribution in [0.1, 0.15) is 27.9 Å². The minimum absolute atomic E-state index is 0.0662. The van der Waals surface area contributed by atoms with Gasteiger partial charge in [0.25, 0.3) is 11.6 Å². The van der Waals surface area contributed by atoms with Gasteiger partial charge in [0, 0.05) is 54.1 Å². The quantitative estimate of drug-likeness (QED) is 0.568. The molecule has 7 nitrogen and oxygen atoms in total. The molecule has 0 unspecified atom stereocenters. The first-order valence-electron chi connectivity index (χ1n) is 8.70. The zero-order chi connectivity index (χ0) is 19.0. The molecule has 1 aliphatic heterocycles. The van der Waals surface area contributed by atoms with Crippen molar-refractivity contribution in [1.29, 1.82) is 0 Å². The number of carbonyl (C=O) groups excluding carboxylic acids is 1. The smallest absolute Gasteiger partial charge is 0.270 e. The Morgan fingerprint density at radius 2 is 2.19 bits per heavy atom. The molecule has 0 saturated carbocycles. The van der Waals surface area contributed by atoms with E-state index >= 15 is 0 Å². The van der Waals surface area contributed by atoms with E-state index < -0.39 is 4.92 Å². The van der Waals surface area contributed by atoms with Crippen LogP contribution in [0.2, 0.25) is 0 Å². The number of benzene rings is 1. The molecule has 0 aliphatic carbocycles. The SMILES string of the molecule is Cc1ccc([N+](=O)[O-])cc1C(=O)N1CC=C(c2c[nH]c3ncccc23)CC1. The summed E-state index contributed by atoms with van der Waals surface area (Å²) < 4.78 is 0. The molecule has 0 radical (unpaired) electrons. The summed E-state index contributed by atoms with van der Waals surface area (Å²) in [6.45, 7) is 2.84. The van der Waals surface area contributed by atoms with Crippen molar-refractivity contribution in [3.05, 3.63) is 75.6 Å². The molecule has 1 aliphatic rings. The summed E-state index contributed by atoms with van der Waals surface area (Å²) in [5.74, 6) is -0.174. The number of hydrogen-bond acceptors (Lipinski definition) is 4. The predicted molar refractivity (Wildman–Crippen MR) is 102 cm³/mol. The Labute approximate surface area is 155 Å². The molecule has 27 heavy (non-hydrogen) atoms. The first-order valence-corrected chi connectivity index (χ1v) is 8.70. The highest BCUT2D eigenvalue weighted by Crippen LogP contribution is 2.29. The van der Waals surface area contributed by atoms with Crippen molar-refractivity contribution in [2.45, 2.75) is 13.3 Å². The fraction of sp³-hybridized carbons (Fsp3) is 0.200. The number of H-pyrrole nitrogens is 1. The Morgan fingerprint density at radius 3 is 2.93 bits per heavy atom. The first-order chi connectivity index (χ1) is 13.0. The number of non-ortho nitro benzene ring substituents is 1. The van der Waals surface area contributed by atoms with Crippen molar-refractivity contribution in [3.63, 3.8) is 0 Å². The highest BCUT2D eigenvalue weighted by Gasteiger charge is 2.23. The molecule has 0 spiro atoms. The summed E-state index contributed by atoms with van der Waals surface area (Å²) >= 11 is 0. The fourth-order valence-corrected chi connectivity index (χ4v) is 3.44. The van der Waals surface area contributed by atoms with Crippen LogP contribution in [0.3, 0.4) is 0 Å². The number of aromatic nitrogens is 2. The van der Waals surface area contributed by atoms with E-state index in [1.165, 1.54) is 17.7 Å². The Kier molecular flexibility index (Phi) is 4.19. The third kappa shape index (κ3) is 3.08. The number of nitro benzene ring substituents is 1. The average molecular weight is 362 g/mol. The van der Waals surface area contributed by atoms with Crippen LogP contribution in [0.25, 0.3) is 16.6 Å². The number of amides is 1. The topological polar surface area (TPSA) is 92.1 Å². The van der Waals surface area contributed by atoms with E-state index in [1.807, 2.05) is 24.4 Å². The van der Waals surface area contributed by atoms with Gasteiger partial charge in [0.2, 0.25) is 0 Å². The standard InChI is InChI=1S/C20H18N4O3/c1-13-4-5-15(24(26)27)11-17(13)20(25)23-9-6-14(7-10-23)18-12-22-19-16(18)3-2-8-21-19/h2-6,8,11-12H,7,9-10H2,1H3,(H,21,22). The zero-order valence-electron chi connectivity index (χ0n) is 14.8. The van der Waals surface area contributed by atoms with Gasteiger partial charge in [0.1, 0.15) is 5.65 Å². The van der Waals surface area contributed by atoms with Crippen LogP contribution in [0.4, 0.5) is 5.69 Å². The van der Waals surface area contributed by atoms with Crippen molar-refractivity contribution >= 4 is 28.2 Å². The van der Waals surface area contributed by atoms with Gasteiger partial charge in [-0.1, -0.05) is 12.1 Å². The molecule has 1 N–H and O–H groups in total. The van der Waals surface area contributed by atoms with Crippen LogP contribution >= 0.6 is 0 Å². The van der Waals surface area contributed by atoms with Crippen molar-refractivity contribution < 1.29 is 9.72 Å². The lowest BCUT2D eigenvalue weighted by Gasteiger charge is -2.27. The third-order valence-electron chi connectivity index (χ3n) is 4.96. The number of carbonyl (C=O) groups is 1. The van der Waals surface area contributed by atoms with Gasteiger partial charge in [-0.15, -0.1) is 0 Å².